The molecule has 1 fully saturated rings. The molecule has 1 aromatic carbocycles. The number of halogens is 1. The number of hydrogen-bond acceptors (Lipinski definition) is 6. The van der Waals surface area contributed by atoms with Crippen molar-refractivity contribution in [1.29, 1.82) is 5.26 Å². The van der Waals surface area contributed by atoms with Gasteiger partial charge in [-0.2, -0.15) is 5.26 Å². The van der Waals surface area contributed by atoms with Crippen LogP contribution in [-0.4, -0.2) is 76.7 Å². The van der Waals surface area contributed by atoms with E-state index in [2.05, 4.69) is 27.0 Å². The number of aromatic nitrogens is 2. The van der Waals surface area contributed by atoms with Crippen LogP contribution in [0.4, 0.5) is 4.39 Å². The molecule has 2 bridgehead atoms. The summed E-state index contributed by atoms with van der Waals surface area (Å²) in [5, 5.41) is 19.6. The fraction of sp³-hybridized carbons (Fsp3) is 0.370. The van der Waals surface area contributed by atoms with E-state index in [1.54, 1.807) is 18.0 Å². The van der Waals surface area contributed by atoms with Crippen LogP contribution in [0, 0.1) is 17.1 Å². The summed E-state index contributed by atoms with van der Waals surface area (Å²) in [6.45, 7) is 0.609. The Bertz CT molecular complexity index is 1390. The van der Waals surface area contributed by atoms with E-state index in [-0.39, 0.29) is 24.6 Å². The molecule has 1 amide bonds. The molecule has 8 nitrogen and oxygen atoms in total. The van der Waals surface area contributed by atoms with Crippen LogP contribution >= 0.6 is 0 Å². The van der Waals surface area contributed by atoms with Crippen LogP contribution in [0.1, 0.15) is 30.5 Å². The largest absolute Gasteiger partial charge is 0.496 e. The number of hydrogen-bond donors (Lipinski definition) is 2. The molecule has 0 aliphatic carbocycles. The van der Waals surface area contributed by atoms with Crippen molar-refractivity contribution in [1.82, 2.24) is 19.8 Å². The number of rotatable bonds is 7. The highest BCUT2D eigenvalue weighted by Gasteiger charge is 2.38. The Labute approximate surface area is 208 Å². The number of H-pyrrole nitrogens is 1. The van der Waals surface area contributed by atoms with Gasteiger partial charge in [-0.1, -0.05) is 6.08 Å². The summed E-state index contributed by atoms with van der Waals surface area (Å²) >= 11 is 0. The van der Waals surface area contributed by atoms with E-state index >= 15 is 0 Å². The zero-order chi connectivity index (χ0) is 25.4. The Hall–Kier alpha value is -3.74. The van der Waals surface area contributed by atoms with Gasteiger partial charge >= 0.3 is 0 Å². The lowest BCUT2D eigenvalue weighted by molar-refractivity contribution is -0.132. The number of pyridine rings is 1. The maximum atomic E-state index is 14.2. The first-order valence-electron chi connectivity index (χ1n) is 12.0. The molecular weight excluding hydrogens is 461 g/mol. The number of ether oxygens (including phenoxy) is 1. The van der Waals surface area contributed by atoms with Gasteiger partial charge in [0, 0.05) is 54.1 Å². The van der Waals surface area contributed by atoms with Crippen LogP contribution in [0.3, 0.4) is 0 Å². The van der Waals surface area contributed by atoms with Crippen molar-refractivity contribution in [2.75, 3.05) is 33.9 Å². The molecule has 0 spiro atoms. The summed E-state index contributed by atoms with van der Waals surface area (Å²) in [5.41, 5.74) is 4.09. The van der Waals surface area contributed by atoms with Gasteiger partial charge in [-0.3, -0.25) is 9.69 Å². The molecule has 2 N–H and O–H groups in total. The van der Waals surface area contributed by atoms with Gasteiger partial charge in [-0.05, 0) is 49.1 Å². The van der Waals surface area contributed by atoms with Crippen molar-refractivity contribution in [3.8, 4) is 22.9 Å². The number of aromatic amines is 1. The molecule has 0 radical (unpaired) electrons. The predicted molar refractivity (Wildman–Crippen MR) is 134 cm³/mol. The van der Waals surface area contributed by atoms with Gasteiger partial charge in [0.05, 0.1) is 25.8 Å². The number of methoxy groups -OCH3 is 1. The van der Waals surface area contributed by atoms with E-state index in [9.17, 15) is 14.4 Å². The lowest BCUT2D eigenvalue weighted by Crippen LogP contribution is -2.46. The summed E-state index contributed by atoms with van der Waals surface area (Å²) in [4.78, 5) is 24.2. The van der Waals surface area contributed by atoms with E-state index in [1.807, 2.05) is 6.07 Å². The number of likely N-dealkylation sites (N-methyl/N-ethyl adjacent to an activating group) is 1. The number of aliphatic hydroxyl groups is 1. The first-order chi connectivity index (χ1) is 17.4. The normalized spacial score (nSPS) is 19.2. The second-order valence-corrected chi connectivity index (χ2v) is 9.35. The average Bonchev–Trinajstić information content (AvgIpc) is 3.40. The maximum Gasteiger partial charge on any atom is 0.236 e. The summed E-state index contributed by atoms with van der Waals surface area (Å²) in [6.07, 6.45) is 6.47. The number of benzene rings is 1. The highest BCUT2D eigenvalue weighted by molar-refractivity contribution is 5.99. The van der Waals surface area contributed by atoms with Crippen LogP contribution < -0.4 is 4.74 Å². The van der Waals surface area contributed by atoms with E-state index in [1.165, 1.54) is 25.4 Å². The minimum absolute atomic E-state index is 0.00493. The molecule has 0 saturated carbocycles. The summed E-state index contributed by atoms with van der Waals surface area (Å²) in [6, 6.07) is 8.83. The number of fused-ring (bicyclic) bond motifs is 3. The third kappa shape index (κ3) is 4.23. The van der Waals surface area contributed by atoms with Crippen molar-refractivity contribution in [2.45, 2.75) is 31.3 Å². The fourth-order valence-electron chi connectivity index (χ4n) is 5.41. The minimum Gasteiger partial charge on any atom is -0.496 e. The van der Waals surface area contributed by atoms with Crippen molar-refractivity contribution in [2.24, 2.45) is 0 Å². The number of carbonyl (C=O) groups is 1. The van der Waals surface area contributed by atoms with E-state index in [4.69, 9.17) is 9.84 Å². The zero-order valence-electron chi connectivity index (χ0n) is 20.3. The van der Waals surface area contributed by atoms with Crippen LogP contribution in [0.2, 0.25) is 0 Å². The zero-order valence-corrected chi connectivity index (χ0v) is 20.3. The second kappa shape index (κ2) is 9.72. The van der Waals surface area contributed by atoms with Crippen molar-refractivity contribution in [3.05, 3.63) is 53.6 Å². The monoisotopic (exact) mass is 489 g/mol. The number of amides is 1. The van der Waals surface area contributed by atoms with E-state index in [0.29, 0.717) is 41.2 Å². The van der Waals surface area contributed by atoms with E-state index < -0.39 is 5.82 Å². The first kappa shape index (κ1) is 24.0. The highest BCUT2D eigenvalue weighted by atomic mass is 19.1. The summed E-state index contributed by atoms with van der Waals surface area (Å²) < 4.78 is 19.7. The minimum atomic E-state index is -0.416. The molecule has 2 aliphatic rings. The van der Waals surface area contributed by atoms with Crippen molar-refractivity contribution >= 4 is 22.5 Å². The predicted octanol–water partition coefficient (Wildman–Crippen LogP) is 3.32. The second-order valence-electron chi connectivity index (χ2n) is 9.35. The van der Waals surface area contributed by atoms with Gasteiger partial charge in [0.2, 0.25) is 5.91 Å². The van der Waals surface area contributed by atoms with Crippen LogP contribution in [0.25, 0.3) is 27.7 Å². The molecule has 4 heterocycles. The Morgan fingerprint density at radius 1 is 1.39 bits per heavy atom. The quantitative estimate of drug-likeness (QED) is 0.528. The number of carbonyl (C=O) groups excluding carboxylic acids is 1. The third-order valence-electron chi connectivity index (χ3n) is 7.27. The lowest BCUT2D eigenvalue weighted by atomic mass is 9.96. The standard InChI is InChI=1S/C27H28FN5O3/c1-32(7-8-34)25(35)15-33-19-4-5-20(33)10-16(9-19)23-12-22-26(17(13-29)14-30-27(22)31-23)21-11-18(28)3-6-24(21)36-2/h3,6,9,11-12,14,19-20,34H,4-5,7-8,10,15H2,1-2H3,(H,30,31). The molecule has 2 aromatic heterocycles. The summed E-state index contributed by atoms with van der Waals surface area (Å²) in [5.74, 6) is 0.0659. The van der Waals surface area contributed by atoms with Gasteiger partial charge in [0.15, 0.2) is 0 Å². The Morgan fingerprint density at radius 3 is 2.94 bits per heavy atom. The molecule has 186 valence electrons. The Kier molecular flexibility index (Phi) is 6.48. The number of nitrogens with one attached hydrogen (secondary N) is 1. The highest BCUT2D eigenvalue weighted by Crippen LogP contribution is 2.41. The molecular formula is C27H28FN5O3. The van der Waals surface area contributed by atoms with Gasteiger partial charge in [0.25, 0.3) is 0 Å². The smallest absolute Gasteiger partial charge is 0.236 e. The topological polar surface area (TPSA) is 105 Å². The molecule has 1 saturated heterocycles. The van der Waals surface area contributed by atoms with E-state index in [0.717, 1.165) is 35.9 Å². The average molecular weight is 490 g/mol. The third-order valence-corrected chi connectivity index (χ3v) is 7.27. The molecule has 3 aromatic rings. The van der Waals surface area contributed by atoms with Gasteiger partial charge < -0.3 is 19.7 Å². The Balaban J connectivity index is 1.51. The molecule has 36 heavy (non-hydrogen) atoms. The summed E-state index contributed by atoms with van der Waals surface area (Å²) in [7, 11) is 3.23. The number of nitrogens with zero attached hydrogens (tertiary/aromatic N) is 4. The van der Waals surface area contributed by atoms with Gasteiger partial charge in [-0.15, -0.1) is 0 Å². The number of aliphatic hydroxyl groups excluding tert-OH is 1. The number of nitriles is 1. The maximum absolute atomic E-state index is 14.2. The van der Waals surface area contributed by atoms with Gasteiger partial charge in [0.1, 0.15) is 23.3 Å². The van der Waals surface area contributed by atoms with Crippen molar-refractivity contribution < 1.29 is 19.0 Å². The molecule has 2 unspecified atom stereocenters. The lowest BCUT2D eigenvalue weighted by Gasteiger charge is -2.34. The molecule has 9 heteroatoms. The fourth-order valence-corrected chi connectivity index (χ4v) is 5.41. The SMILES string of the molecule is COc1ccc(F)cc1-c1c(C#N)cnc2[nH]c(C3=CC4CCC(C3)N4CC(=O)N(C)CCO)cc12. The molecule has 5 rings (SSSR count). The van der Waals surface area contributed by atoms with Gasteiger partial charge in [-0.25, -0.2) is 9.37 Å². The Morgan fingerprint density at radius 2 is 2.22 bits per heavy atom. The first-order valence-corrected chi connectivity index (χ1v) is 12.0. The van der Waals surface area contributed by atoms with Crippen LogP contribution in [0.15, 0.2) is 36.5 Å². The van der Waals surface area contributed by atoms with Crippen LogP contribution in [0.5, 0.6) is 5.75 Å². The molecule has 2 aliphatic heterocycles. The molecule has 2 atom stereocenters. The van der Waals surface area contributed by atoms with Crippen LogP contribution in [-0.2, 0) is 4.79 Å². The van der Waals surface area contributed by atoms with Crippen molar-refractivity contribution in [3.63, 3.8) is 0 Å².